The molecule has 0 radical (unpaired) electrons. The summed E-state index contributed by atoms with van der Waals surface area (Å²) in [6, 6.07) is 27.7. The van der Waals surface area contributed by atoms with Crippen LogP contribution in [0.5, 0.6) is 34.5 Å². The van der Waals surface area contributed by atoms with E-state index in [1.165, 1.54) is 33.4 Å². The molecule has 0 amide bonds. The molecule has 6 unspecified atom stereocenters. The number of ether oxygens (including phenoxy) is 12. The fraction of sp³-hybridized carbons (Fsp3) is 0.463. The van der Waals surface area contributed by atoms with Crippen molar-refractivity contribution in [3.8, 4) is 34.5 Å². The van der Waals surface area contributed by atoms with Gasteiger partial charge in [-0.1, -0.05) is 72.8 Å². The van der Waals surface area contributed by atoms with Gasteiger partial charge in [0, 0.05) is 25.7 Å². The highest BCUT2D eigenvalue weighted by Crippen LogP contribution is 2.39. The van der Waals surface area contributed by atoms with Gasteiger partial charge < -0.3 is 56.8 Å². The number of hydrogen-bond donors (Lipinski definition) is 0. The largest absolute Gasteiger partial charge is 0.490 e. The van der Waals surface area contributed by atoms with Crippen molar-refractivity contribution >= 4 is 0 Å². The van der Waals surface area contributed by atoms with Crippen molar-refractivity contribution in [2.24, 2.45) is 0 Å². The van der Waals surface area contributed by atoms with Gasteiger partial charge in [0.05, 0.1) is 39.6 Å². The van der Waals surface area contributed by atoms with E-state index in [-0.39, 0.29) is 36.6 Å². The third-order valence-corrected chi connectivity index (χ3v) is 15.6. The first-order valence-electron chi connectivity index (χ1n) is 28.5. The van der Waals surface area contributed by atoms with E-state index in [2.05, 4.69) is 128 Å². The van der Waals surface area contributed by atoms with Crippen molar-refractivity contribution in [2.75, 3.05) is 79.3 Å². The summed E-state index contributed by atoms with van der Waals surface area (Å²) in [6.45, 7) is 24.8. The minimum Gasteiger partial charge on any atom is -0.490 e. The highest BCUT2D eigenvalue weighted by atomic mass is 16.6. The van der Waals surface area contributed by atoms with E-state index < -0.39 is 0 Å². The molecular formula is C67H76O12. The molecule has 0 aromatic heterocycles. The van der Waals surface area contributed by atoms with E-state index >= 15 is 0 Å². The zero-order chi connectivity index (χ0) is 54.3. The lowest BCUT2D eigenvalue weighted by Crippen LogP contribution is -2.11. The molecule has 12 heteroatoms. The highest BCUT2D eigenvalue weighted by molar-refractivity contribution is 5.56. The lowest BCUT2D eigenvalue weighted by molar-refractivity contribution is 0.259. The van der Waals surface area contributed by atoms with Gasteiger partial charge >= 0.3 is 0 Å². The molecule has 79 heavy (non-hydrogen) atoms. The number of rotatable bonds is 28. The zero-order valence-corrected chi connectivity index (χ0v) is 47.3. The minimum atomic E-state index is 0.0828. The van der Waals surface area contributed by atoms with E-state index in [9.17, 15) is 0 Å². The van der Waals surface area contributed by atoms with Crippen LogP contribution in [0.25, 0.3) is 0 Å². The summed E-state index contributed by atoms with van der Waals surface area (Å²) in [6.07, 6.45) is 4.26. The maximum absolute atomic E-state index is 6.95. The van der Waals surface area contributed by atoms with Gasteiger partial charge in [-0.3, -0.25) is 0 Å². The maximum Gasteiger partial charge on any atom is 0.126 e. The maximum atomic E-state index is 6.95. The van der Waals surface area contributed by atoms with E-state index in [4.69, 9.17) is 56.8 Å². The van der Waals surface area contributed by atoms with Crippen LogP contribution < -0.4 is 28.4 Å². The van der Waals surface area contributed by atoms with E-state index in [0.29, 0.717) is 85.0 Å². The third kappa shape index (κ3) is 14.1. The molecule has 12 nitrogen and oxygen atoms in total. The Morgan fingerprint density at radius 1 is 0.253 bits per heavy atom. The lowest BCUT2D eigenvalue weighted by atomic mass is 9.89. The second kappa shape index (κ2) is 23.2. The quantitative estimate of drug-likeness (QED) is 0.0434. The van der Waals surface area contributed by atoms with Crippen molar-refractivity contribution in [1.82, 2.24) is 0 Å². The summed E-state index contributed by atoms with van der Waals surface area (Å²) >= 11 is 0. The van der Waals surface area contributed by atoms with Gasteiger partial charge in [-0.25, -0.2) is 0 Å². The summed E-state index contributed by atoms with van der Waals surface area (Å²) in [4.78, 5) is 0. The minimum absolute atomic E-state index is 0.0828. The van der Waals surface area contributed by atoms with Crippen molar-refractivity contribution in [2.45, 2.75) is 124 Å². The van der Waals surface area contributed by atoms with Gasteiger partial charge in [0.2, 0.25) is 0 Å². The Hall–Kier alpha value is -6.12. The average Bonchev–Trinajstić information content (AvgIpc) is 4.20. The molecule has 6 aliphatic heterocycles. The number of epoxide rings is 6. The summed E-state index contributed by atoms with van der Waals surface area (Å²) in [5, 5.41) is 0. The molecule has 0 spiro atoms. The van der Waals surface area contributed by atoms with Crippen molar-refractivity contribution < 1.29 is 56.8 Å². The molecule has 416 valence electrons. The Morgan fingerprint density at radius 3 is 0.595 bits per heavy atom. The van der Waals surface area contributed by atoms with E-state index in [0.717, 1.165) is 128 Å². The fourth-order valence-corrected chi connectivity index (χ4v) is 11.4. The average molecular weight is 1070 g/mol. The molecule has 6 aliphatic rings. The lowest BCUT2D eigenvalue weighted by Gasteiger charge is -2.22. The molecule has 6 aromatic carbocycles. The number of benzene rings is 6. The first kappa shape index (κ1) is 53.5. The molecule has 0 saturated carbocycles. The Morgan fingerprint density at radius 2 is 0.418 bits per heavy atom. The molecule has 6 saturated heterocycles. The van der Waals surface area contributed by atoms with Crippen LogP contribution in [0.2, 0.25) is 0 Å². The SMILES string of the molecule is Cc1cc(Cc2cc(Cc3cc(Cc4cc(C)c(OCC5CO5)c(C)c4)c(OCC4CO4)c(Cc4cc(C)c(OCC5CO5)c(C)c4)c3)cc(Cc3cc(C)c(OCC4CO4)c(C)c3)c2OCC2CO2)cc(C)c1OCC1CO1. The summed E-state index contributed by atoms with van der Waals surface area (Å²) in [5.74, 6) is 5.55. The zero-order valence-electron chi connectivity index (χ0n) is 47.3. The Kier molecular flexibility index (Phi) is 15.7. The second-order valence-corrected chi connectivity index (χ2v) is 23.2. The molecule has 0 N–H and O–H groups in total. The standard InChI is InChI=1S/C67H76O12/c1-38-9-46(10-39(2)62(38)74-32-56-26-68-56)18-52-22-50(23-53(66(52)78-36-60-30-72-60)19-47-11-40(3)63(41(4)12-47)75-33-57-27-69-57)17-51-24-54(20-48-13-42(5)64(43(6)14-48)76-34-58-28-70-58)67(79-37-61-31-73-61)55(25-51)21-49-15-44(7)65(45(8)16-49)77-35-59-29-71-59/h9-16,22-25,56-61H,17-21,26-37H2,1-8H3. The van der Waals surface area contributed by atoms with Gasteiger partial charge in [0.15, 0.2) is 0 Å². The molecule has 12 rings (SSSR count). The summed E-state index contributed by atoms with van der Waals surface area (Å²) in [5.41, 5.74) is 20.6. The Bertz CT molecular complexity index is 2720. The first-order valence-corrected chi connectivity index (χ1v) is 28.5. The smallest absolute Gasteiger partial charge is 0.126 e. The topological polar surface area (TPSA) is 131 Å². The van der Waals surface area contributed by atoms with Crippen LogP contribution in [-0.2, 0) is 60.5 Å². The fourth-order valence-electron chi connectivity index (χ4n) is 11.4. The van der Waals surface area contributed by atoms with Crippen molar-refractivity contribution in [1.29, 1.82) is 0 Å². The predicted octanol–water partition coefficient (Wildman–Crippen LogP) is 10.8. The van der Waals surface area contributed by atoms with E-state index in [1.54, 1.807) is 0 Å². The Labute approximate surface area is 465 Å². The Balaban J connectivity index is 0.946. The van der Waals surface area contributed by atoms with E-state index in [1.807, 2.05) is 0 Å². The monoisotopic (exact) mass is 1070 g/mol. The predicted molar refractivity (Wildman–Crippen MR) is 302 cm³/mol. The van der Waals surface area contributed by atoms with Crippen LogP contribution in [0.4, 0.5) is 0 Å². The molecule has 6 atom stereocenters. The van der Waals surface area contributed by atoms with Crippen LogP contribution in [0.3, 0.4) is 0 Å². The summed E-state index contributed by atoms with van der Waals surface area (Å²) in [7, 11) is 0. The first-order chi connectivity index (χ1) is 38.3. The molecule has 6 heterocycles. The second-order valence-electron chi connectivity index (χ2n) is 23.2. The molecule has 0 aliphatic carbocycles. The van der Waals surface area contributed by atoms with Crippen LogP contribution in [-0.4, -0.2) is 116 Å². The number of aryl methyl sites for hydroxylation is 8. The van der Waals surface area contributed by atoms with Gasteiger partial charge in [0.25, 0.3) is 0 Å². The van der Waals surface area contributed by atoms with Crippen LogP contribution in [0, 0.1) is 55.4 Å². The highest BCUT2D eigenvalue weighted by Gasteiger charge is 2.30. The molecule has 6 aromatic rings. The van der Waals surface area contributed by atoms with Gasteiger partial charge in [-0.15, -0.1) is 0 Å². The van der Waals surface area contributed by atoms with Crippen molar-refractivity contribution in [3.05, 3.63) is 173 Å². The van der Waals surface area contributed by atoms with Gasteiger partial charge in [-0.2, -0.15) is 0 Å². The molecule has 0 bridgehead atoms. The number of hydrogen-bond acceptors (Lipinski definition) is 12. The molecular weight excluding hydrogens is 997 g/mol. The summed E-state index contributed by atoms with van der Waals surface area (Å²) < 4.78 is 72.6. The van der Waals surface area contributed by atoms with Crippen LogP contribution in [0.1, 0.15) is 100 Å². The van der Waals surface area contributed by atoms with Crippen LogP contribution >= 0.6 is 0 Å². The normalized spacial score (nSPS) is 21.1. The third-order valence-electron chi connectivity index (χ3n) is 15.6. The van der Waals surface area contributed by atoms with Crippen molar-refractivity contribution in [3.63, 3.8) is 0 Å². The van der Waals surface area contributed by atoms with Gasteiger partial charge in [-0.05, 0) is 162 Å². The van der Waals surface area contributed by atoms with Gasteiger partial charge in [0.1, 0.15) is 111 Å². The molecule has 6 fully saturated rings. The van der Waals surface area contributed by atoms with Crippen LogP contribution in [0.15, 0.2) is 72.8 Å².